The monoisotopic (exact) mass is 216 g/mol. The zero-order valence-electron chi connectivity index (χ0n) is 9.14. The first-order valence-corrected chi connectivity index (χ1v) is 4.79. The number of ether oxygens (including phenoxy) is 1. The number of rotatable bonds is 2. The van der Waals surface area contributed by atoms with E-state index >= 15 is 0 Å². The molecule has 0 spiro atoms. The lowest BCUT2D eigenvalue weighted by molar-refractivity contribution is 0.413. The summed E-state index contributed by atoms with van der Waals surface area (Å²) >= 11 is 0. The van der Waals surface area contributed by atoms with Crippen LogP contribution in [-0.4, -0.2) is 22.1 Å². The molecular formula is C11H12N4O. The van der Waals surface area contributed by atoms with Crippen LogP contribution in [-0.2, 0) is 0 Å². The second kappa shape index (κ2) is 4.14. The van der Waals surface area contributed by atoms with Gasteiger partial charge in [-0.15, -0.1) is 0 Å². The highest BCUT2D eigenvalue weighted by Gasteiger charge is 2.04. The number of methoxy groups -OCH3 is 1. The van der Waals surface area contributed by atoms with Gasteiger partial charge in [0.15, 0.2) is 0 Å². The van der Waals surface area contributed by atoms with Gasteiger partial charge in [0, 0.05) is 17.8 Å². The summed E-state index contributed by atoms with van der Waals surface area (Å²) in [5.74, 6) is 1.77. The van der Waals surface area contributed by atoms with Crippen LogP contribution in [0.15, 0.2) is 24.5 Å². The Morgan fingerprint density at radius 3 is 2.69 bits per heavy atom. The summed E-state index contributed by atoms with van der Waals surface area (Å²) in [7, 11) is 1.60. The van der Waals surface area contributed by atoms with E-state index in [1.807, 2.05) is 6.07 Å². The number of aryl methyl sites for hydroxylation is 1. The minimum atomic E-state index is 0.449. The van der Waals surface area contributed by atoms with Crippen LogP contribution in [0, 0.1) is 6.92 Å². The maximum Gasteiger partial charge on any atom is 0.137 e. The molecule has 0 aromatic carbocycles. The van der Waals surface area contributed by atoms with Crippen LogP contribution in [0.3, 0.4) is 0 Å². The van der Waals surface area contributed by atoms with E-state index in [0.717, 1.165) is 11.3 Å². The van der Waals surface area contributed by atoms with E-state index in [-0.39, 0.29) is 0 Å². The normalized spacial score (nSPS) is 10.1. The van der Waals surface area contributed by atoms with Crippen molar-refractivity contribution in [2.75, 3.05) is 12.8 Å². The quantitative estimate of drug-likeness (QED) is 0.822. The second-order valence-corrected chi connectivity index (χ2v) is 3.34. The van der Waals surface area contributed by atoms with Gasteiger partial charge in [0.2, 0.25) is 0 Å². The van der Waals surface area contributed by atoms with Gasteiger partial charge in [0.05, 0.1) is 19.0 Å². The van der Waals surface area contributed by atoms with Gasteiger partial charge in [0.25, 0.3) is 0 Å². The van der Waals surface area contributed by atoms with E-state index in [0.29, 0.717) is 17.4 Å². The van der Waals surface area contributed by atoms with Crippen molar-refractivity contribution in [3.8, 4) is 17.0 Å². The van der Waals surface area contributed by atoms with Crippen molar-refractivity contribution in [2.45, 2.75) is 6.92 Å². The highest BCUT2D eigenvalue weighted by Crippen LogP contribution is 2.21. The maximum absolute atomic E-state index is 5.66. The maximum atomic E-state index is 5.66. The molecule has 0 amide bonds. The van der Waals surface area contributed by atoms with E-state index < -0.39 is 0 Å². The van der Waals surface area contributed by atoms with Crippen LogP contribution in [0.4, 0.5) is 5.82 Å². The molecule has 2 aromatic heterocycles. The lowest BCUT2D eigenvalue weighted by Gasteiger charge is -2.04. The number of hydrogen-bond acceptors (Lipinski definition) is 5. The molecule has 0 unspecified atom stereocenters. The standard InChI is InChI=1S/C11H12N4O/c1-7-14-10(4-11(12)15-7)8-3-9(16-2)6-13-5-8/h3-6H,1-2H3,(H2,12,14,15). The number of nitrogens with zero attached hydrogens (tertiary/aromatic N) is 3. The van der Waals surface area contributed by atoms with E-state index in [1.54, 1.807) is 32.5 Å². The van der Waals surface area contributed by atoms with Crippen LogP contribution in [0.1, 0.15) is 5.82 Å². The topological polar surface area (TPSA) is 73.9 Å². The summed E-state index contributed by atoms with van der Waals surface area (Å²) in [5, 5.41) is 0. The smallest absolute Gasteiger partial charge is 0.137 e. The van der Waals surface area contributed by atoms with Crippen LogP contribution >= 0.6 is 0 Å². The summed E-state index contributed by atoms with van der Waals surface area (Å²) < 4.78 is 5.10. The lowest BCUT2D eigenvalue weighted by Crippen LogP contribution is -1.97. The second-order valence-electron chi connectivity index (χ2n) is 3.34. The number of pyridine rings is 1. The first-order valence-electron chi connectivity index (χ1n) is 4.79. The third kappa shape index (κ3) is 2.08. The fourth-order valence-electron chi connectivity index (χ4n) is 1.41. The fourth-order valence-corrected chi connectivity index (χ4v) is 1.41. The van der Waals surface area contributed by atoms with Crippen molar-refractivity contribution >= 4 is 5.82 Å². The third-order valence-corrected chi connectivity index (χ3v) is 2.10. The summed E-state index contributed by atoms with van der Waals surface area (Å²) in [6.07, 6.45) is 3.35. The zero-order chi connectivity index (χ0) is 11.5. The number of nitrogens with two attached hydrogens (primary N) is 1. The van der Waals surface area contributed by atoms with Gasteiger partial charge in [0.1, 0.15) is 17.4 Å². The van der Waals surface area contributed by atoms with Crippen molar-refractivity contribution in [1.82, 2.24) is 15.0 Å². The first kappa shape index (κ1) is 10.4. The summed E-state index contributed by atoms with van der Waals surface area (Å²) in [5.41, 5.74) is 7.27. The molecule has 0 saturated carbocycles. The SMILES string of the molecule is COc1cncc(-c2cc(N)nc(C)n2)c1. The van der Waals surface area contributed by atoms with Crippen molar-refractivity contribution in [3.63, 3.8) is 0 Å². The Bertz CT molecular complexity index is 493. The molecule has 2 heterocycles. The lowest BCUT2D eigenvalue weighted by atomic mass is 10.2. The Morgan fingerprint density at radius 2 is 2.00 bits per heavy atom. The highest BCUT2D eigenvalue weighted by molar-refractivity contribution is 5.62. The number of nitrogen functional groups attached to an aromatic ring is 1. The van der Waals surface area contributed by atoms with Crippen molar-refractivity contribution in [2.24, 2.45) is 0 Å². The summed E-state index contributed by atoms with van der Waals surface area (Å²) in [4.78, 5) is 12.4. The first-order chi connectivity index (χ1) is 7.69. The molecule has 0 radical (unpaired) electrons. The molecule has 2 N–H and O–H groups in total. The highest BCUT2D eigenvalue weighted by atomic mass is 16.5. The molecule has 0 aliphatic rings. The molecule has 0 atom stereocenters. The minimum absolute atomic E-state index is 0.449. The third-order valence-electron chi connectivity index (χ3n) is 2.10. The molecule has 5 heteroatoms. The van der Waals surface area contributed by atoms with Crippen LogP contribution in [0.5, 0.6) is 5.75 Å². The average Bonchev–Trinajstić information content (AvgIpc) is 2.28. The summed E-state index contributed by atoms with van der Waals surface area (Å²) in [6, 6.07) is 3.57. The molecule has 82 valence electrons. The number of aromatic nitrogens is 3. The van der Waals surface area contributed by atoms with Gasteiger partial charge in [-0.3, -0.25) is 4.98 Å². The average molecular weight is 216 g/mol. The zero-order valence-corrected chi connectivity index (χ0v) is 9.14. The molecule has 0 saturated heterocycles. The molecule has 0 fully saturated rings. The van der Waals surface area contributed by atoms with E-state index in [4.69, 9.17) is 10.5 Å². The Balaban J connectivity index is 2.49. The molecule has 5 nitrogen and oxygen atoms in total. The van der Waals surface area contributed by atoms with Crippen molar-refractivity contribution < 1.29 is 4.74 Å². The molecular weight excluding hydrogens is 204 g/mol. The van der Waals surface area contributed by atoms with E-state index in [9.17, 15) is 0 Å². The van der Waals surface area contributed by atoms with Crippen LogP contribution < -0.4 is 10.5 Å². The number of anilines is 1. The fraction of sp³-hybridized carbons (Fsp3) is 0.182. The minimum Gasteiger partial charge on any atom is -0.495 e. The largest absolute Gasteiger partial charge is 0.495 e. The Morgan fingerprint density at radius 1 is 1.19 bits per heavy atom. The van der Waals surface area contributed by atoms with E-state index in [1.165, 1.54) is 0 Å². The molecule has 2 aromatic rings. The van der Waals surface area contributed by atoms with E-state index in [2.05, 4.69) is 15.0 Å². The van der Waals surface area contributed by atoms with Gasteiger partial charge in [-0.25, -0.2) is 9.97 Å². The van der Waals surface area contributed by atoms with Gasteiger partial charge in [-0.2, -0.15) is 0 Å². The van der Waals surface area contributed by atoms with Gasteiger partial charge >= 0.3 is 0 Å². The Hall–Kier alpha value is -2.17. The predicted molar refractivity (Wildman–Crippen MR) is 61.0 cm³/mol. The molecule has 0 bridgehead atoms. The summed E-state index contributed by atoms with van der Waals surface area (Å²) in [6.45, 7) is 1.80. The molecule has 0 aliphatic heterocycles. The van der Waals surface area contributed by atoms with Crippen molar-refractivity contribution in [1.29, 1.82) is 0 Å². The van der Waals surface area contributed by atoms with Gasteiger partial charge in [-0.1, -0.05) is 0 Å². The molecule has 16 heavy (non-hydrogen) atoms. The van der Waals surface area contributed by atoms with Crippen LogP contribution in [0.2, 0.25) is 0 Å². The molecule has 2 rings (SSSR count). The Kier molecular flexibility index (Phi) is 2.68. The number of hydrogen-bond donors (Lipinski definition) is 1. The Labute approximate surface area is 93.3 Å². The predicted octanol–water partition coefficient (Wildman–Crippen LogP) is 1.44. The van der Waals surface area contributed by atoms with Gasteiger partial charge in [-0.05, 0) is 13.0 Å². The molecule has 0 aliphatic carbocycles. The van der Waals surface area contributed by atoms with Gasteiger partial charge < -0.3 is 10.5 Å². The van der Waals surface area contributed by atoms with Crippen LogP contribution in [0.25, 0.3) is 11.3 Å². The van der Waals surface area contributed by atoms with Crippen molar-refractivity contribution in [3.05, 3.63) is 30.4 Å².